The van der Waals surface area contributed by atoms with E-state index >= 15 is 0 Å². The molecule has 22 heavy (non-hydrogen) atoms. The van der Waals surface area contributed by atoms with Gasteiger partial charge in [0.1, 0.15) is 11.6 Å². The summed E-state index contributed by atoms with van der Waals surface area (Å²) in [5.41, 5.74) is 2.22. The first-order valence-corrected chi connectivity index (χ1v) is 7.88. The van der Waals surface area contributed by atoms with Crippen LogP contribution < -0.4 is 4.90 Å². The van der Waals surface area contributed by atoms with Crippen molar-refractivity contribution in [1.29, 1.82) is 0 Å². The highest BCUT2D eigenvalue weighted by Crippen LogP contribution is 2.34. The summed E-state index contributed by atoms with van der Waals surface area (Å²) in [4.78, 5) is 11.1. The summed E-state index contributed by atoms with van der Waals surface area (Å²) in [5, 5.41) is 1.15. The van der Waals surface area contributed by atoms with Gasteiger partial charge >= 0.3 is 0 Å². The van der Waals surface area contributed by atoms with Crippen molar-refractivity contribution in [3.05, 3.63) is 52.4 Å². The second kappa shape index (κ2) is 5.14. The lowest BCUT2D eigenvalue weighted by atomic mass is 10.1. The van der Waals surface area contributed by atoms with Crippen LogP contribution in [0, 0.1) is 6.92 Å². The number of imidazole rings is 1. The molecule has 1 fully saturated rings. The second-order valence-corrected chi connectivity index (χ2v) is 6.38. The number of anilines is 1. The number of rotatable bonds is 2. The quantitative estimate of drug-likeness (QED) is 0.708. The molecule has 0 atom stereocenters. The number of para-hydroxylation sites is 2. The fraction of sp³-hybridized carbons (Fsp3) is 0.250. The Balaban J connectivity index is 1.61. The van der Waals surface area contributed by atoms with Gasteiger partial charge in [0.2, 0.25) is 0 Å². The maximum absolute atomic E-state index is 6.23. The lowest BCUT2D eigenvalue weighted by molar-refractivity contribution is 0.399. The van der Waals surface area contributed by atoms with E-state index in [1.54, 1.807) is 12.3 Å². The molecule has 4 nitrogen and oxygen atoms in total. The van der Waals surface area contributed by atoms with Crippen LogP contribution in [0.25, 0.3) is 11.0 Å². The number of fused-ring (bicyclic) bond motifs is 1. The Kier molecular flexibility index (Phi) is 3.24. The highest BCUT2D eigenvalue weighted by Gasteiger charge is 2.32. The average Bonchev–Trinajstić information content (AvgIpc) is 2.76. The lowest BCUT2D eigenvalue weighted by Crippen LogP contribution is -2.48. The van der Waals surface area contributed by atoms with Crippen LogP contribution >= 0.6 is 23.2 Å². The molecule has 0 spiro atoms. The van der Waals surface area contributed by atoms with Gasteiger partial charge in [-0.05, 0) is 25.1 Å². The Morgan fingerprint density at radius 2 is 1.95 bits per heavy atom. The van der Waals surface area contributed by atoms with Gasteiger partial charge in [-0.15, -0.1) is 0 Å². The summed E-state index contributed by atoms with van der Waals surface area (Å²) in [7, 11) is 0. The summed E-state index contributed by atoms with van der Waals surface area (Å²) in [6.45, 7) is 3.79. The molecule has 0 radical (unpaired) electrons. The Labute approximate surface area is 138 Å². The van der Waals surface area contributed by atoms with Crippen molar-refractivity contribution in [3.8, 4) is 0 Å². The van der Waals surface area contributed by atoms with Crippen LogP contribution in [0.15, 0.2) is 36.5 Å². The highest BCUT2D eigenvalue weighted by molar-refractivity contribution is 6.36. The number of nitrogens with zero attached hydrogens (tertiary/aromatic N) is 4. The molecule has 1 saturated heterocycles. The first-order chi connectivity index (χ1) is 10.6. The molecule has 0 amide bonds. The average molecular weight is 333 g/mol. The maximum Gasteiger partial charge on any atom is 0.147 e. The lowest BCUT2D eigenvalue weighted by Gasteiger charge is -2.41. The zero-order valence-corrected chi connectivity index (χ0v) is 13.5. The van der Waals surface area contributed by atoms with Crippen LogP contribution in [0.4, 0.5) is 5.82 Å². The Hall–Kier alpha value is -1.78. The topological polar surface area (TPSA) is 34.0 Å². The van der Waals surface area contributed by atoms with Crippen LogP contribution in [0.5, 0.6) is 0 Å². The highest BCUT2D eigenvalue weighted by atomic mass is 35.5. The summed E-state index contributed by atoms with van der Waals surface area (Å²) in [5.74, 6) is 1.84. The molecule has 0 saturated carbocycles. The molecule has 3 heterocycles. The monoisotopic (exact) mass is 332 g/mol. The predicted molar refractivity (Wildman–Crippen MR) is 90.0 cm³/mol. The molecule has 0 N–H and O–H groups in total. The van der Waals surface area contributed by atoms with E-state index in [9.17, 15) is 0 Å². The fourth-order valence-electron chi connectivity index (χ4n) is 3.06. The first kappa shape index (κ1) is 13.9. The van der Waals surface area contributed by atoms with E-state index in [-0.39, 0.29) is 0 Å². The van der Waals surface area contributed by atoms with Crippen LogP contribution in [0.3, 0.4) is 0 Å². The maximum atomic E-state index is 6.23. The molecule has 0 bridgehead atoms. The molecule has 4 rings (SSSR count). The minimum absolute atomic E-state index is 0.390. The van der Waals surface area contributed by atoms with E-state index < -0.39 is 0 Å². The fourth-order valence-corrected chi connectivity index (χ4v) is 3.56. The van der Waals surface area contributed by atoms with Crippen LogP contribution in [-0.4, -0.2) is 27.6 Å². The van der Waals surface area contributed by atoms with E-state index in [1.807, 2.05) is 18.2 Å². The summed E-state index contributed by atoms with van der Waals surface area (Å²) in [6.07, 6.45) is 1.63. The van der Waals surface area contributed by atoms with Crippen molar-refractivity contribution in [2.24, 2.45) is 0 Å². The van der Waals surface area contributed by atoms with Crippen molar-refractivity contribution in [3.63, 3.8) is 0 Å². The van der Waals surface area contributed by atoms with Crippen LogP contribution in [0.2, 0.25) is 10.0 Å². The minimum Gasteiger partial charge on any atom is -0.351 e. The van der Waals surface area contributed by atoms with Crippen molar-refractivity contribution < 1.29 is 0 Å². The largest absolute Gasteiger partial charge is 0.351 e. The molecule has 1 aliphatic heterocycles. The summed E-state index contributed by atoms with van der Waals surface area (Å²) in [6, 6.07) is 10.4. The number of aryl methyl sites for hydroxylation is 1. The van der Waals surface area contributed by atoms with Gasteiger partial charge in [0.25, 0.3) is 0 Å². The molecule has 1 aromatic carbocycles. The van der Waals surface area contributed by atoms with Crippen molar-refractivity contribution in [2.45, 2.75) is 13.0 Å². The molecule has 3 aromatic rings. The zero-order valence-electron chi connectivity index (χ0n) is 12.0. The zero-order chi connectivity index (χ0) is 15.3. The van der Waals surface area contributed by atoms with Crippen molar-refractivity contribution in [2.75, 3.05) is 18.0 Å². The van der Waals surface area contributed by atoms with E-state index in [2.05, 4.69) is 32.4 Å². The number of benzene rings is 1. The van der Waals surface area contributed by atoms with Gasteiger partial charge in [-0.3, -0.25) is 0 Å². The van der Waals surface area contributed by atoms with Gasteiger partial charge in [0.05, 0.1) is 27.1 Å². The van der Waals surface area contributed by atoms with E-state index in [1.165, 1.54) is 5.52 Å². The molecule has 0 aliphatic carbocycles. The van der Waals surface area contributed by atoms with E-state index in [0.29, 0.717) is 16.1 Å². The Morgan fingerprint density at radius 3 is 2.73 bits per heavy atom. The number of aromatic nitrogens is 3. The number of pyridine rings is 1. The summed E-state index contributed by atoms with van der Waals surface area (Å²) >= 11 is 12.1. The van der Waals surface area contributed by atoms with Gasteiger partial charge in [-0.25, -0.2) is 9.97 Å². The minimum atomic E-state index is 0.390. The predicted octanol–water partition coefficient (Wildman–Crippen LogP) is 4.11. The summed E-state index contributed by atoms with van der Waals surface area (Å²) < 4.78 is 2.30. The standard InChI is InChI=1S/C16H14Cl2N4/c1-10-20-14-4-2-3-5-15(14)22(10)12-8-21(9-12)16-13(18)6-11(17)7-19-16/h2-7,12H,8-9H2,1H3. The van der Waals surface area contributed by atoms with E-state index in [0.717, 1.165) is 30.2 Å². The van der Waals surface area contributed by atoms with Gasteiger partial charge in [-0.1, -0.05) is 35.3 Å². The van der Waals surface area contributed by atoms with Crippen molar-refractivity contribution in [1.82, 2.24) is 14.5 Å². The molecule has 2 aromatic heterocycles. The Morgan fingerprint density at radius 1 is 1.18 bits per heavy atom. The van der Waals surface area contributed by atoms with Gasteiger partial charge in [0.15, 0.2) is 0 Å². The molecule has 0 unspecified atom stereocenters. The second-order valence-electron chi connectivity index (χ2n) is 5.54. The molecular weight excluding hydrogens is 319 g/mol. The molecule has 112 valence electrons. The third-order valence-electron chi connectivity index (χ3n) is 4.09. The molecule has 6 heteroatoms. The molecular formula is C16H14Cl2N4. The smallest absolute Gasteiger partial charge is 0.147 e. The first-order valence-electron chi connectivity index (χ1n) is 7.13. The SMILES string of the molecule is Cc1nc2ccccc2n1C1CN(c2ncc(Cl)cc2Cl)C1. The number of hydrogen-bond acceptors (Lipinski definition) is 3. The third-order valence-corrected chi connectivity index (χ3v) is 4.57. The normalized spacial score (nSPS) is 15.3. The third kappa shape index (κ3) is 2.14. The van der Waals surface area contributed by atoms with Crippen LogP contribution in [0.1, 0.15) is 11.9 Å². The number of halogens is 2. The Bertz CT molecular complexity index is 852. The van der Waals surface area contributed by atoms with Gasteiger partial charge < -0.3 is 9.47 Å². The number of hydrogen-bond donors (Lipinski definition) is 0. The van der Waals surface area contributed by atoms with E-state index in [4.69, 9.17) is 23.2 Å². The van der Waals surface area contributed by atoms with Gasteiger partial charge in [-0.2, -0.15) is 0 Å². The van der Waals surface area contributed by atoms with Crippen molar-refractivity contribution >= 4 is 40.1 Å². The van der Waals surface area contributed by atoms with Gasteiger partial charge in [0, 0.05) is 19.3 Å². The van der Waals surface area contributed by atoms with Crippen LogP contribution in [-0.2, 0) is 0 Å². The molecule has 1 aliphatic rings.